The molecule has 0 heterocycles. The smallest absolute Gasteiger partial charge is 0.186 e. The highest BCUT2D eigenvalue weighted by Crippen LogP contribution is 2.59. The van der Waals surface area contributed by atoms with Crippen LogP contribution in [0.5, 0.6) is 5.75 Å². The van der Waals surface area contributed by atoms with Crippen LogP contribution >= 0.6 is 0 Å². The van der Waals surface area contributed by atoms with Gasteiger partial charge in [-0.1, -0.05) is 18.1 Å². The van der Waals surface area contributed by atoms with Crippen molar-refractivity contribution in [1.29, 1.82) is 0 Å². The first-order valence-corrected chi connectivity index (χ1v) is 8.12. The van der Waals surface area contributed by atoms with Gasteiger partial charge in [-0.05, 0) is 66.7 Å². The number of hydrogen-bond donors (Lipinski definition) is 2. The van der Waals surface area contributed by atoms with E-state index in [0.29, 0.717) is 29.7 Å². The fourth-order valence-electron chi connectivity index (χ4n) is 5.26. The molecule has 0 amide bonds. The molecule has 0 radical (unpaired) electrons. The van der Waals surface area contributed by atoms with E-state index < -0.39 is 0 Å². The average molecular weight is 299 g/mol. The highest BCUT2D eigenvalue weighted by atomic mass is 16.4. The number of oxime groups is 1. The lowest BCUT2D eigenvalue weighted by Gasteiger charge is -2.47. The number of phenols is 1. The molecule has 0 spiro atoms. The number of hydrogen-bond acceptors (Lipinski definition) is 4. The van der Waals surface area contributed by atoms with Gasteiger partial charge in [0, 0.05) is 11.8 Å². The summed E-state index contributed by atoms with van der Waals surface area (Å²) >= 11 is 0. The number of nitrogens with zero attached hydrogens (tertiary/aromatic N) is 1. The van der Waals surface area contributed by atoms with Crippen molar-refractivity contribution in [3.05, 3.63) is 29.3 Å². The minimum absolute atomic E-state index is 0.0509. The normalized spacial score (nSPS) is 38.5. The molecule has 3 aliphatic carbocycles. The first-order valence-electron chi connectivity index (χ1n) is 8.12. The van der Waals surface area contributed by atoms with Gasteiger partial charge in [-0.15, -0.1) is 0 Å². The minimum Gasteiger partial charge on any atom is -0.508 e. The number of phenolic OH excluding ortho intramolecular Hbond substituents is 1. The van der Waals surface area contributed by atoms with Crippen LogP contribution in [0.15, 0.2) is 23.4 Å². The van der Waals surface area contributed by atoms with Crippen LogP contribution in [0.4, 0.5) is 0 Å². The Hall–Kier alpha value is -1.84. The zero-order chi connectivity index (χ0) is 15.5. The topological polar surface area (TPSA) is 69.9 Å². The van der Waals surface area contributed by atoms with Gasteiger partial charge in [0.1, 0.15) is 11.5 Å². The number of rotatable bonds is 0. The lowest BCUT2D eigenvalue weighted by molar-refractivity contribution is -0.125. The van der Waals surface area contributed by atoms with E-state index in [1.165, 1.54) is 11.1 Å². The summed E-state index contributed by atoms with van der Waals surface area (Å²) in [5, 5.41) is 22.1. The number of aromatic hydroxyl groups is 1. The molecule has 4 heteroatoms. The molecule has 3 aliphatic rings. The Balaban J connectivity index is 1.74. The third-order valence-corrected chi connectivity index (χ3v) is 6.41. The molecule has 4 unspecified atom stereocenters. The second-order valence-electron chi connectivity index (χ2n) is 7.33. The van der Waals surface area contributed by atoms with Gasteiger partial charge in [0.2, 0.25) is 0 Å². The van der Waals surface area contributed by atoms with E-state index in [4.69, 9.17) is 5.21 Å². The zero-order valence-corrected chi connectivity index (χ0v) is 12.7. The van der Waals surface area contributed by atoms with E-state index in [1.807, 2.05) is 6.07 Å². The molecule has 22 heavy (non-hydrogen) atoms. The van der Waals surface area contributed by atoms with Crippen LogP contribution in [0.2, 0.25) is 0 Å². The molecular formula is C18H21NO3. The summed E-state index contributed by atoms with van der Waals surface area (Å²) in [6.45, 7) is 2.06. The fraction of sp³-hybridized carbons (Fsp3) is 0.556. The second-order valence-corrected chi connectivity index (χ2v) is 7.33. The van der Waals surface area contributed by atoms with Crippen LogP contribution in [0.3, 0.4) is 0 Å². The maximum Gasteiger partial charge on any atom is 0.186 e. The van der Waals surface area contributed by atoms with Gasteiger partial charge >= 0.3 is 0 Å². The molecule has 1 aromatic carbocycles. The number of carbonyl (C=O) groups excluding carboxylic acids is 1. The zero-order valence-electron chi connectivity index (χ0n) is 12.7. The number of fused-ring (bicyclic) bond motifs is 5. The van der Waals surface area contributed by atoms with E-state index in [-0.39, 0.29) is 17.1 Å². The highest BCUT2D eigenvalue weighted by Gasteiger charge is 2.57. The lowest BCUT2D eigenvalue weighted by atomic mass is 9.55. The number of benzene rings is 1. The molecule has 4 rings (SSSR count). The van der Waals surface area contributed by atoms with Crippen LogP contribution in [0.1, 0.15) is 49.7 Å². The molecule has 4 nitrogen and oxygen atoms in total. The highest BCUT2D eigenvalue weighted by molar-refractivity contribution is 6.43. The maximum absolute atomic E-state index is 12.5. The lowest BCUT2D eigenvalue weighted by Crippen LogP contribution is -2.42. The molecule has 4 atom stereocenters. The molecule has 0 aromatic heterocycles. The van der Waals surface area contributed by atoms with Gasteiger partial charge in [-0.2, -0.15) is 0 Å². The Morgan fingerprint density at radius 3 is 2.91 bits per heavy atom. The number of ketones is 1. The summed E-state index contributed by atoms with van der Waals surface area (Å²) in [4.78, 5) is 12.5. The summed E-state index contributed by atoms with van der Waals surface area (Å²) < 4.78 is 0. The molecule has 0 saturated heterocycles. The molecule has 2 N–H and O–H groups in total. The predicted octanol–water partition coefficient (Wildman–Crippen LogP) is 3.26. The van der Waals surface area contributed by atoms with Crippen molar-refractivity contribution in [2.24, 2.45) is 22.4 Å². The first kappa shape index (κ1) is 13.8. The number of carbonyl (C=O) groups is 1. The minimum atomic E-state index is -0.350. The molecule has 2 fully saturated rings. The summed E-state index contributed by atoms with van der Waals surface area (Å²) in [6, 6.07) is 5.72. The van der Waals surface area contributed by atoms with Crippen LogP contribution in [-0.2, 0) is 11.2 Å². The van der Waals surface area contributed by atoms with E-state index in [0.717, 1.165) is 25.7 Å². The summed E-state index contributed by atoms with van der Waals surface area (Å²) in [6.07, 6.45) is 4.47. The van der Waals surface area contributed by atoms with Crippen molar-refractivity contribution in [1.82, 2.24) is 0 Å². The Morgan fingerprint density at radius 1 is 1.32 bits per heavy atom. The SMILES string of the molecule is CC12CCC3c4ccc(O)cc4CCC3C1CC(=NO)C2=O. The van der Waals surface area contributed by atoms with Crippen LogP contribution in [0.25, 0.3) is 0 Å². The molecule has 1 aromatic rings. The van der Waals surface area contributed by atoms with E-state index >= 15 is 0 Å². The molecule has 116 valence electrons. The quantitative estimate of drug-likeness (QED) is 0.570. The summed E-state index contributed by atoms with van der Waals surface area (Å²) in [7, 11) is 0. The van der Waals surface area contributed by atoms with Gasteiger partial charge in [0.05, 0.1) is 0 Å². The summed E-state index contributed by atoms with van der Waals surface area (Å²) in [5.41, 5.74) is 2.62. The molecular weight excluding hydrogens is 278 g/mol. The van der Waals surface area contributed by atoms with E-state index in [9.17, 15) is 9.90 Å². The molecule has 0 aliphatic heterocycles. The van der Waals surface area contributed by atoms with Crippen LogP contribution in [-0.4, -0.2) is 21.8 Å². The van der Waals surface area contributed by atoms with Gasteiger partial charge < -0.3 is 10.3 Å². The van der Waals surface area contributed by atoms with Crippen LogP contribution < -0.4 is 0 Å². The Morgan fingerprint density at radius 2 is 2.14 bits per heavy atom. The van der Waals surface area contributed by atoms with Crippen LogP contribution in [0, 0.1) is 17.3 Å². The Labute approximate surface area is 129 Å². The van der Waals surface area contributed by atoms with Crippen molar-refractivity contribution in [2.75, 3.05) is 0 Å². The Kier molecular flexibility index (Phi) is 2.87. The van der Waals surface area contributed by atoms with Crippen molar-refractivity contribution in [3.8, 4) is 5.75 Å². The van der Waals surface area contributed by atoms with Crippen molar-refractivity contribution in [2.45, 2.75) is 44.9 Å². The summed E-state index contributed by atoms with van der Waals surface area (Å²) in [5.74, 6) is 1.61. The van der Waals surface area contributed by atoms with Gasteiger partial charge in [-0.3, -0.25) is 4.79 Å². The third-order valence-electron chi connectivity index (χ3n) is 6.41. The predicted molar refractivity (Wildman–Crippen MR) is 82.3 cm³/mol. The number of Topliss-reactive ketones (excluding diaryl/α,β-unsaturated/α-hetero) is 1. The van der Waals surface area contributed by atoms with Crippen molar-refractivity contribution < 1.29 is 15.1 Å². The largest absolute Gasteiger partial charge is 0.508 e. The monoisotopic (exact) mass is 299 g/mol. The fourth-order valence-corrected chi connectivity index (χ4v) is 5.26. The van der Waals surface area contributed by atoms with E-state index in [2.05, 4.69) is 18.1 Å². The molecule has 2 saturated carbocycles. The van der Waals surface area contributed by atoms with Crippen molar-refractivity contribution >= 4 is 11.5 Å². The molecule has 0 bridgehead atoms. The van der Waals surface area contributed by atoms with Gasteiger partial charge in [-0.25, -0.2) is 0 Å². The van der Waals surface area contributed by atoms with Crippen molar-refractivity contribution in [3.63, 3.8) is 0 Å². The third kappa shape index (κ3) is 1.70. The average Bonchev–Trinajstić information content (AvgIpc) is 2.78. The first-order chi connectivity index (χ1) is 10.5. The Bertz CT molecular complexity index is 681. The van der Waals surface area contributed by atoms with E-state index in [1.54, 1.807) is 6.07 Å². The maximum atomic E-state index is 12.5. The number of aryl methyl sites for hydroxylation is 1. The standard InChI is InChI=1S/C18H21NO3/c1-18-7-6-13-12-5-3-11(20)8-10(12)2-4-14(13)15(18)9-16(19-22)17(18)21/h3,5,8,13-15,20,22H,2,4,6-7,9H2,1H3. The van der Waals surface area contributed by atoms with Gasteiger partial charge in [0.15, 0.2) is 5.78 Å². The van der Waals surface area contributed by atoms with Gasteiger partial charge in [0.25, 0.3) is 0 Å². The second kappa shape index (κ2) is 4.58.